The second-order valence-electron chi connectivity index (χ2n) is 5.97. The first-order valence-corrected chi connectivity index (χ1v) is 8.80. The molecule has 0 atom stereocenters. The highest BCUT2D eigenvalue weighted by Gasteiger charge is 2.13. The van der Waals surface area contributed by atoms with Crippen molar-refractivity contribution in [3.63, 3.8) is 0 Å². The fourth-order valence-electron chi connectivity index (χ4n) is 2.83. The van der Waals surface area contributed by atoms with Crippen LogP contribution in [-0.2, 0) is 9.53 Å². The number of para-hydroxylation sites is 1. The Morgan fingerprint density at radius 3 is 2.69 bits per heavy atom. The Labute approximate surface area is 154 Å². The van der Waals surface area contributed by atoms with Gasteiger partial charge in [-0.2, -0.15) is 5.26 Å². The molecule has 0 aliphatic heterocycles. The number of benzene rings is 1. The van der Waals surface area contributed by atoms with Crippen LogP contribution in [0.2, 0.25) is 0 Å². The highest BCUT2D eigenvalue weighted by atomic mass is 16.5. The zero-order chi connectivity index (χ0) is 18.9. The lowest BCUT2D eigenvalue weighted by atomic mass is 10.1. The van der Waals surface area contributed by atoms with Gasteiger partial charge in [-0.05, 0) is 57.0 Å². The molecule has 0 spiro atoms. The number of aryl methyl sites for hydroxylation is 1. The molecule has 26 heavy (non-hydrogen) atoms. The average molecular weight is 351 g/mol. The zero-order valence-electron chi connectivity index (χ0n) is 15.6. The first-order chi connectivity index (χ1) is 12.6. The van der Waals surface area contributed by atoms with Gasteiger partial charge in [0.1, 0.15) is 11.6 Å². The van der Waals surface area contributed by atoms with Crippen LogP contribution < -0.4 is 5.32 Å². The molecule has 0 aliphatic carbocycles. The van der Waals surface area contributed by atoms with Crippen LogP contribution in [0.1, 0.15) is 30.3 Å². The number of ether oxygens (including phenoxy) is 1. The van der Waals surface area contributed by atoms with E-state index in [-0.39, 0.29) is 11.5 Å². The van der Waals surface area contributed by atoms with Crippen molar-refractivity contribution in [1.82, 2.24) is 9.88 Å². The maximum absolute atomic E-state index is 12.2. The van der Waals surface area contributed by atoms with Gasteiger partial charge in [-0.1, -0.05) is 18.2 Å². The summed E-state index contributed by atoms with van der Waals surface area (Å²) in [5.41, 5.74) is 4.07. The van der Waals surface area contributed by atoms with Crippen molar-refractivity contribution in [3.05, 3.63) is 58.9 Å². The van der Waals surface area contributed by atoms with Crippen molar-refractivity contribution in [3.8, 4) is 11.8 Å². The van der Waals surface area contributed by atoms with Gasteiger partial charge in [0.05, 0.1) is 0 Å². The Bertz CT molecular complexity index is 814. The van der Waals surface area contributed by atoms with Gasteiger partial charge in [0.25, 0.3) is 5.91 Å². The fourth-order valence-corrected chi connectivity index (χ4v) is 2.83. The number of hydrogen-bond acceptors (Lipinski definition) is 3. The van der Waals surface area contributed by atoms with Crippen molar-refractivity contribution < 1.29 is 9.53 Å². The van der Waals surface area contributed by atoms with Gasteiger partial charge >= 0.3 is 0 Å². The van der Waals surface area contributed by atoms with E-state index in [1.54, 1.807) is 6.08 Å². The molecule has 0 bridgehead atoms. The summed E-state index contributed by atoms with van der Waals surface area (Å²) in [5.74, 6) is -0.353. The minimum Gasteiger partial charge on any atom is -0.382 e. The highest BCUT2D eigenvalue weighted by Crippen LogP contribution is 2.22. The Morgan fingerprint density at radius 2 is 2.04 bits per heavy atom. The van der Waals surface area contributed by atoms with Crippen LogP contribution in [0.4, 0.5) is 0 Å². The van der Waals surface area contributed by atoms with E-state index in [1.165, 1.54) is 0 Å². The lowest BCUT2D eigenvalue weighted by Gasteiger charge is -2.09. The van der Waals surface area contributed by atoms with Crippen LogP contribution in [-0.4, -0.2) is 30.2 Å². The van der Waals surface area contributed by atoms with Crippen LogP contribution >= 0.6 is 0 Å². The Kier molecular flexibility index (Phi) is 7.19. The molecule has 1 aromatic carbocycles. The SMILES string of the molecule is CCOCCCNC(=O)/C(C#N)=C/c1cc(C)n(-c2ccccc2)c1C. The zero-order valence-corrected chi connectivity index (χ0v) is 15.6. The number of nitrogens with zero attached hydrogens (tertiary/aromatic N) is 2. The molecular formula is C21H25N3O2. The Morgan fingerprint density at radius 1 is 1.31 bits per heavy atom. The van der Waals surface area contributed by atoms with Gasteiger partial charge in [0.2, 0.25) is 0 Å². The third-order valence-corrected chi connectivity index (χ3v) is 4.10. The van der Waals surface area contributed by atoms with Crippen LogP contribution in [0.3, 0.4) is 0 Å². The number of aromatic nitrogens is 1. The molecule has 1 heterocycles. The standard InChI is InChI=1S/C21H25N3O2/c1-4-26-12-8-11-23-21(25)19(15-22)14-18-13-16(2)24(17(18)3)20-9-6-5-7-10-20/h5-7,9-10,13-14H,4,8,11-12H2,1-3H3,(H,23,25)/b19-14+. The second kappa shape index (κ2) is 9.59. The third-order valence-electron chi connectivity index (χ3n) is 4.10. The maximum atomic E-state index is 12.2. The van der Waals surface area contributed by atoms with Gasteiger partial charge in [0.15, 0.2) is 0 Å². The summed E-state index contributed by atoms with van der Waals surface area (Å²) in [6.07, 6.45) is 2.38. The van der Waals surface area contributed by atoms with E-state index >= 15 is 0 Å². The molecule has 5 nitrogen and oxygen atoms in total. The first-order valence-electron chi connectivity index (χ1n) is 8.80. The van der Waals surface area contributed by atoms with Gasteiger partial charge in [-0.15, -0.1) is 0 Å². The molecule has 1 amide bonds. The smallest absolute Gasteiger partial charge is 0.261 e. The number of nitriles is 1. The van der Waals surface area contributed by atoms with E-state index in [1.807, 2.05) is 63.2 Å². The Hall–Kier alpha value is -2.84. The van der Waals surface area contributed by atoms with E-state index in [9.17, 15) is 10.1 Å². The molecule has 0 fully saturated rings. The topological polar surface area (TPSA) is 67.0 Å². The van der Waals surface area contributed by atoms with E-state index in [0.717, 1.165) is 29.1 Å². The van der Waals surface area contributed by atoms with Gasteiger partial charge in [-0.25, -0.2) is 0 Å². The van der Waals surface area contributed by atoms with Crippen LogP contribution in [0.5, 0.6) is 0 Å². The number of carbonyl (C=O) groups excluding carboxylic acids is 1. The van der Waals surface area contributed by atoms with Crippen LogP contribution in [0, 0.1) is 25.2 Å². The number of nitrogens with one attached hydrogen (secondary N) is 1. The molecule has 1 aromatic heterocycles. The van der Waals surface area contributed by atoms with Crippen molar-refractivity contribution in [2.24, 2.45) is 0 Å². The largest absolute Gasteiger partial charge is 0.382 e. The number of amides is 1. The molecule has 136 valence electrons. The van der Waals surface area contributed by atoms with Gasteiger partial charge < -0.3 is 14.6 Å². The summed E-state index contributed by atoms with van der Waals surface area (Å²) in [5, 5.41) is 12.1. The molecule has 0 radical (unpaired) electrons. The summed E-state index contributed by atoms with van der Waals surface area (Å²) < 4.78 is 7.35. The number of hydrogen-bond donors (Lipinski definition) is 1. The molecule has 0 aliphatic rings. The lowest BCUT2D eigenvalue weighted by molar-refractivity contribution is -0.117. The number of rotatable bonds is 8. The van der Waals surface area contributed by atoms with E-state index in [4.69, 9.17) is 4.74 Å². The van der Waals surface area contributed by atoms with Crippen LogP contribution in [0.15, 0.2) is 42.0 Å². The summed E-state index contributed by atoms with van der Waals surface area (Å²) in [4.78, 5) is 12.2. The quantitative estimate of drug-likeness (QED) is 0.449. The molecule has 0 unspecified atom stereocenters. The van der Waals surface area contributed by atoms with Crippen molar-refractivity contribution in [2.45, 2.75) is 27.2 Å². The van der Waals surface area contributed by atoms with Gasteiger partial charge in [0, 0.05) is 36.8 Å². The molecule has 1 N–H and O–H groups in total. The van der Waals surface area contributed by atoms with Crippen molar-refractivity contribution in [1.29, 1.82) is 5.26 Å². The highest BCUT2D eigenvalue weighted by molar-refractivity contribution is 6.01. The first kappa shape index (κ1) is 19.5. The molecule has 5 heteroatoms. The number of carbonyl (C=O) groups is 1. The molecule has 2 rings (SSSR count). The van der Waals surface area contributed by atoms with Crippen molar-refractivity contribution in [2.75, 3.05) is 19.8 Å². The monoisotopic (exact) mass is 351 g/mol. The predicted molar refractivity (Wildman–Crippen MR) is 103 cm³/mol. The van der Waals surface area contributed by atoms with Gasteiger partial charge in [-0.3, -0.25) is 4.79 Å². The van der Waals surface area contributed by atoms with E-state index < -0.39 is 0 Å². The lowest BCUT2D eigenvalue weighted by Crippen LogP contribution is -2.26. The van der Waals surface area contributed by atoms with Crippen LogP contribution in [0.25, 0.3) is 11.8 Å². The average Bonchev–Trinajstić information content (AvgIpc) is 2.93. The fraction of sp³-hybridized carbons (Fsp3) is 0.333. The summed E-state index contributed by atoms with van der Waals surface area (Å²) in [7, 11) is 0. The van der Waals surface area contributed by atoms with E-state index in [2.05, 4.69) is 9.88 Å². The minimum atomic E-state index is -0.353. The molecular weight excluding hydrogens is 326 g/mol. The van der Waals surface area contributed by atoms with Crippen molar-refractivity contribution >= 4 is 12.0 Å². The Balaban J connectivity index is 2.17. The normalized spacial score (nSPS) is 11.2. The molecule has 2 aromatic rings. The summed E-state index contributed by atoms with van der Waals surface area (Å²) >= 11 is 0. The molecule has 0 saturated carbocycles. The minimum absolute atomic E-state index is 0.106. The predicted octanol–water partition coefficient (Wildman–Crippen LogP) is 3.54. The van der Waals surface area contributed by atoms with E-state index in [0.29, 0.717) is 19.8 Å². The molecule has 0 saturated heterocycles. The second-order valence-corrected chi connectivity index (χ2v) is 5.97. The maximum Gasteiger partial charge on any atom is 0.261 e. The third kappa shape index (κ3) is 4.84. The summed E-state index contributed by atoms with van der Waals surface area (Å²) in [6.45, 7) is 7.68. The summed E-state index contributed by atoms with van der Waals surface area (Å²) in [6, 6.07) is 14.0.